The highest BCUT2D eigenvalue weighted by Crippen LogP contribution is 2.49. The van der Waals surface area contributed by atoms with E-state index in [1.807, 2.05) is 0 Å². The van der Waals surface area contributed by atoms with Gasteiger partial charge in [0.05, 0.1) is 0 Å². The molecule has 2 unspecified atom stereocenters. The summed E-state index contributed by atoms with van der Waals surface area (Å²) in [5, 5.41) is 2.88. The van der Waals surface area contributed by atoms with Gasteiger partial charge in [-0.1, -0.05) is 81.4 Å². The second-order valence-corrected chi connectivity index (χ2v) is 12.3. The molecule has 2 aromatic rings. The van der Waals surface area contributed by atoms with Crippen LogP contribution in [0.2, 0.25) is 0 Å². The molecule has 1 aliphatic rings. The molecule has 1 saturated carbocycles. The van der Waals surface area contributed by atoms with Gasteiger partial charge in [0.15, 0.2) is 0 Å². The largest absolute Gasteiger partial charge is 0.306 e. The minimum Gasteiger partial charge on any atom is -0.306 e. The molecule has 0 amide bonds. The van der Waals surface area contributed by atoms with Crippen molar-refractivity contribution < 1.29 is 0 Å². The van der Waals surface area contributed by atoms with E-state index >= 15 is 0 Å². The zero-order valence-corrected chi connectivity index (χ0v) is 19.4. The van der Waals surface area contributed by atoms with E-state index in [-0.39, 0.29) is 0 Å². The Morgan fingerprint density at radius 1 is 0.821 bits per heavy atom. The summed E-state index contributed by atoms with van der Waals surface area (Å²) in [7, 11) is 6.32. The molecule has 3 rings (SSSR count). The maximum Gasteiger partial charge on any atom is 0.0278 e. The summed E-state index contributed by atoms with van der Waals surface area (Å²) in [4.78, 5) is 2.44. The Morgan fingerprint density at radius 3 is 1.79 bits per heavy atom. The third-order valence-corrected chi connectivity index (χ3v) is 8.50. The van der Waals surface area contributed by atoms with Crippen LogP contribution in [-0.4, -0.2) is 43.3 Å². The summed E-state index contributed by atoms with van der Waals surface area (Å²) >= 11 is 0. The van der Waals surface area contributed by atoms with Gasteiger partial charge >= 0.3 is 0 Å². The fourth-order valence-electron chi connectivity index (χ4n) is 5.37. The van der Waals surface area contributed by atoms with E-state index in [1.165, 1.54) is 29.9 Å². The molecule has 0 heterocycles. The Kier molecular flexibility index (Phi) is 6.65. The lowest BCUT2D eigenvalue weighted by Crippen LogP contribution is -2.48. The SMILES string of the molecule is CN(C)C1CC(C)(C)CC(C)(CN(C)P(c2ccccc2)c2ccccc2)C1. The molecule has 1 fully saturated rings. The number of hydrogen-bond acceptors (Lipinski definition) is 2. The minimum atomic E-state index is -0.509. The van der Waals surface area contributed by atoms with Gasteiger partial charge in [0.2, 0.25) is 0 Å². The minimum absolute atomic E-state index is 0.329. The van der Waals surface area contributed by atoms with Crippen LogP contribution in [0.5, 0.6) is 0 Å². The quantitative estimate of drug-likeness (QED) is 0.626. The van der Waals surface area contributed by atoms with Gasteiger partial charge in [-0.15, -0.1) is 0 Å². The highest BCUT2D eigenvalue weighted by molar-refractivity contribution is 7.70. The summed E-state index contributed by atoms with van der Waals surface area (Å²) in [5.41, 5.74) is 0.723. The molecule has 0 saturated heterocycles. The van der Waals surface area contributed by atoms with Gasteiger partial charge in [-0.25, -0.2) is 0 Å². The fourth-order valence-corrected chi connectivity index (χ4v) is 7.85. The first-order valence-corrected chi connectivity index (χ1v) is 11.8. The summed E-state index contributed by atoms with van der Waals surface area (Å²) in [6, 6.07) is 22.8. The maximum absolute atomic E-state index is 2.65. The molecule has 2 nitrogen and oxygen atoms in total. The van der Waals surface area contributed by atoms with Crippen LogP contribution in [0.25, 0.3) is 0 Å². The molecule has 28 heavy (non-hydrogen) atoms. The number of rotatable bonds is 6. The van der Waals surface area contributed by atoms with Crippen LogP contribution >= 0.6 is 8.07 Å². The van der Waals surface area contributed by atoms with Crippen LogP contribution in [0.15, 0.2) is 60.7 Å². The van der Waals surface area contributed by atoms with Gasteiger partial charge in [-0.05, 0) is 61.8 Å². The van der Waals surface area contributed by atoms with E-state index in [0.717, 1.165) is 6.54 Å². The van der Waals surface area contributed by atoms with Crippen LogP contribution in [0.4, 0.5) is 0 Å². The Balaban J connectivity index is 1.88. The van der Waals surface area contributed by atoms with Crippen LogP contribution in [0.1, 0.15) is 40.0 Å². The summed E-state index contributed by atoms with van der Waals surface area (Å²) < 4.78 is 2.65. The Hall–Kier alpha value is -1.21. The van der Waals surface area contributed by atoms with Crippen molar-refractivity contribution in [3.63, 3.8) is 0 Å². The van der Waals surface area contributed by atoms with Gasteiger partial charge in [0.1, 0.15) is 0 Å². The zero-order chi connectivity index (χ0) is 20.4. The first kappa shape index (κ1) is 21.5. The second-order valence-electron chi connectivity index (χ2n) is 9.98. The molecule has 0 radical (unpaired) electrons. The Bertz CT molecular complexity index is 704. The molecular weight excluding hydrogens is 359 g/mol. The van der Waals surface area contributed by atoms with Crippen molar-refractivity contribution in [2.75, 3.05) is 27.7 Å². The van der Waals surface area contributed by atoms with E-state index in [2.05, 4.69) is 112 Å². The van der Waals surface area contributed by atoms with Gasteiger partial charge < -0.3 is 4.90 Å². The lowest BCUT2D eigenvalue weighted by molar-refractivity contribution is 0.0263. The predicted molar refractivity (Wildman–Crippen MR) is 125 cm³/mol. The summed E-state index contributed by atoms with van der Waals surface area (Å²) in [6.07, 6.45) is 3.87. The molecule has 0 aliphatic heterocycles. The van der Waals surface area contributed by atoms with Crippen LogP contribution in [-0.2, 0) is 0 Å². The van der Waals surface area contributed by atoms with Crippen molar-refractivity contribution in [2.45, 2.75) is 46.1 Å². The smallest absolute Gasteiger partial charge is 0.0278 e. The number of nitrogens with zero attached hydrogens (tertiary/aromatic N) is 2. The first-order chi connectivity index (χ1) is 13.2. The molecule has 152 valence electrons. The molecule has 0 bridgehead atoms. The van der Waals surface area contributed by atoms with E-state index in [0.29, 0.717) is 16.9 Å². The van der Waals surface area contributed by atoms with Crippen LogP contribution in [0.3, 0.4) is 0 Å². The van der Waals surface area contributed by atoms with Crippen molar-refractivity contribution >= 4 is 18.7 Å². The number of hydrogen-bond donors (Lipinski definition) is 0. The third-order valence-electron chi connectivity index (χ3n) is 6.11. The van der Waals surface area contributed by atoms with Crippen LogP contribution < -0.4 is 10.6 Å². The highest BCUT2D eigenvalue weighted by Gasteiger charge is 2.43. The topological polar surface area (TPSA) is 6.48 Å². The van der Waals surface area contributed by atoms with Gasteiger partial charge in [0.25, 0.3) is 0 Å². The van der Waals surface area contributed by atoms with Gasteiger partial charge in [0, 0.05) is 20.7 Å². The van der Waals surface area contributed by atoms with Crippen molar-refractivity contribution in [2.24, 2.45) is 10.8 Å². The molecule has 2 atom stereocenters. The normalized spacial score (nSPS) is 24.8. The molecule has 1 aliphatic carbocycles. The Labute approximate surface area is 173 Å². The molecule has 0 spiro atoms. The third kappa shape index (κ3) is 5.23. The average molecular weight is 397 g/mol. The number of benzene rings is 2. The second kappa shape index (κ2) is 8.66. The lowest BCUT2D eigenvalue weighted by Gasteiger charge is -2.50. The van der Waals surface area contributed by atoms with Gasteiger partial charge in [-0.2, -0.15) is 0 Å². The standard InChI is InChI=1S/C25H37N2P/c1-24(2)17-21(26(4)5)18-25(3,19-24)20-27(6)28(22-13-9-7-10-14-22)23-15-11-8-12-16-23/h7-16,21H,17-20H2,1-6H3. The lowest BCUT2D eigenvalue weighted by atomic mass is 9.62. The van der Waals surface area contributed by atoms with Crippen molar-refractivity contribution in [3.8, 4) is 0 Å². The van der Waals surface area contributed by atoms with Crippen molar-refractivity contribution in [1.82, 2.24) is 9.57 Å². The maximum atomic E-state index is 2.65. The molecule has 3 heteroatoms. The molecular formula is C25H37N2P. The van der Waals surface area contributed by atoms with Crippen molar-refractivity contribution in [3.05, 3.63) is 60.7 Å². The van der Waals surface area contributed by atoms with Crippen molar-refractivity contribution in [1.29, 1.82) is 0 Å². The van der Waals surface area contributed by atoms with E-state index in [9.17, 15) is 0 Å². The average Bonchev–Trinajstić information content (AvgIpc) is 2.61. The van der Waals surface area contributed by atoms with E-state index < -0.39 is 8.07 Å². The van der Waals surface area contributed by atoms with E-state index in [1.54, 1.807) is 0 Å². The summed E-state index contributed by atoms with van der Waals surface area (Å²) in [6.45, 7) is 8.57. The molecule has 0 aromatic heterocycles. The predicted octanol–water partition coefficient (Wildman–Crippen LogP) is 5.11. The van der Waals surface area contributed by atoms with E-state index in [4.69, 9.17) is 0 Å². The summed E-state index contributed by atoms with van der Waals surface area (Å²) in [5.74, 6) is 0. The first-order valence-electron chi connectivity index (χ1n) is 10.5. The van der Waals surface area contributed by atoms with Crippen LogP contribution in [0, 0.1) is 10.8 Å². The molecule has 2 aromatic carbocycles. The molecule has 0 N–H and O–H groups in total. The Morgan fingerprint density at radius 2 is 1.32 bits per heavy atom. The monoisotopic (exact) mass is 396 g/mol. The fraction of sp³-hybridized carbons (Fsp3) is 0.520. The van der Waals surface area contributed by atoms with Gasteiger partial charge in [-0.3, -0.25) is 4.67 Å². The highest BCUT2D eigenvalue weighted by atomic mass is 31.1. The zero-order valence-electron chi connectivity index (χ0n) is 18.5.